The molecule has 21 heavy (non-hydrogen) atoms. The Balaban J connectivity index is 1.95. The second-order valence-electron chi connectivity index (χ2n) is 5.13. The zero-order valence-electron chi connectivity index (χ0n) is 11.7. The smallest absolute Gasteiger partial charge is 0.255 e. The Morgan fingerprint density at radius 3 is 2.62 bits per heavy atom. The summed E-state index contributed by atoms with van der Waals surface area (Å²) in [5, 5.41) is 0. The van der Waals surface area contributed by atoms with Crippen LogP contribution in [0.4, 0.5) is 0 Å². The number of nitrogens with zero attached hydrogens (tertiary/aromatic N) is 2. The largest absolute Gasteiger partial charge is 0.465 e. The highest BCUT2D eigenvalue weighted by molar-refractivity contribution is 7.91. The number of rotatable bonds is 5. The van der Waals surface area contributed by atoms with Crippen molar-refractivity contribution in [1.82, 2.24) is 9.29 Å². The van der Waals surface area contributed by atoms with Gasteiger partial charge in [-0.25, -0.2) is 13.4 Å². The van der Waals surface area contributed by atoms with Crippen LogP contribution in [0, 0.1) is 13.8 Å². The molecular weight excluding hydrogens is 332 g/mol. The van der Waals surface area contributed by atoms with Gasteiger partial charge in [-0.1, -0.05) is 22.9 Å². The van der Waals surface area contributed by atoms with Gasteiger partial charge in [-0.15, -0.1) is 0 Å². The van der Waals surface area contributed by atoms with Gasteiger partial charge in [0.25, 0.3) is 10.0 Å². The normalized spacial score (nSPS) is 15.8. The van der Waals surface area contributed by atoms with Gasteiger partial charge in [0.1, 0.15) is 11.5 Å². The standard InChI is InChI=1S/C13H15ClN2O3S2/c1-8-3-6-11(19-8)7-16(10-4-5-10)21(17,18)12-9(2)15-13(14)20-12/h3,6,10H,4-5,7H2,1-2H3. The third-order valence-corrected chi connectivity index (χ3v) is 7.08. The first kappa shape index (κ1) is 15.0. The number of hydrogen-bond acceptors (Lipinski definition) is 5. The van der Waals surface area contributed by atoms with Gasteiger partial charge in [-0.3, -0.25) is 0 Å². The highest BCUT2D eigenvalue weighted by atomic mass is 35.5. The summed E-state index contributed by atoms with van der Waals surface area (Å²) in [6.07, 6.45) is 1.76. The molecule has 5 nitrogen and oxygen atoms in total. The van der Waals surface area contributed by atoms with Gasteiger partial charge in [0.2, 0.25) is 0 Å². The Hall–Kier alpha value is -0.890. The summed E-state index contributed by atoms with van der Waals surface area (Å²) in [5.41, 5.74) is 0.450. The average molecular weight is 347 g/mol. The van der Waals surface area contributed by atoms with Gasteiger partial charge in [0.15, 0.2) is 8.68 Å². The molecule has 1 aliphatic carbocycles. The van der Waals surface area contributed by atoms with Crippen molar-refractivity contribution in [2.75, 3.05) is 0 Å². The Labute approximate surface area is 132 Å². The first-order chi connectivity index (χ1) is 9.88. The minimum atomic E-state index is -3.59. The molecule has 0 N–H and O–H groups in total. The number of hydrogen-bond donors (Lipinski definition) is 0. The zero-order valence-corrected chi connectivity index (χ0v) is 14.1. The maximum absolute atomic E-state index is 12.9. The van der Waals surface area contributed by atoms with E-state index in [-0.39, 0.29) is 21.3 Å². The summed E-state index contributed by atoms with van der Waals surface area (Å²) >= 11 is 6.85. The molecule has 1 saturated carbocycles. The van der Waals surface area contributed by atoms with Crippen molar-refractivity contribution in [2.24, 2.45) is 0 Å². The molecule has 0 aromatic carbocycles. The van der Waals surface area contributed by atoms with E-state index in [2.05, 4.69) is 4.98 Å². The number of aryl methyl sites for hydroxylation is 2. The molecule has 1 fully saturated rings. The molecule has 3 rings (SSSR count). The van der Waals surface area contributed by atoms with Crippen molar-refractivity contribution in [1.29, 1.82) is 0 Å². The molecule has 2 aromatic heterocycles. The van der Waals surface area contributed by atoms with E-state index >= 15 is 0 Å². The van der Waals surface area contributed by atoms with Crippen molar-refractivity contribution >= 4 is 33.0 Å². The monoisotopic (exact) mass is 346 g/mol. The van der Waals surface area contributed by atoms with Crippen LogP contribution >= 0.6 is 22.9 Å². The van der Waals surface area contributed by atoms with Crippen LogP contribution in [0.5, 0.6) is 0 Å². The highest BCUT2D eigenvalue weighted by Crippen LogP contribution is 2.37. The van der Waals surface area contributed by atoms with Crippen molar-refractivity contribution in [3.63, 3.8) is 0 Å². The third kappa shape index (κ3) is 3.01. The van der Waals surface area contributed by atoms with E-state index in [1.54, 1.807) is 6.92 Å². The van der Waals surface area contributed by atoms with Crippen LogP contribution in [0.3, 0.4) is 0 Å². The van der Waals surface area contributed by atoms with Crippen molar-refractivity contribution in [3.8, 4) is 0 Å². The molecule has 114 valence electrons. The van der Waals surface area contributed by atoms with Crippen LogP contribution in [-0.2, 0) is 16.6 Å². The van der Waals surface area contributed by atoms with Crippen molar-refractivity contribution < 1.29 is 12.8 Å². The minimum Gasteiger partial charge on any atom is -0.465 e. The first-order valence-electron chi connectivity index (χ1n) is 6.58. The van der Waals surface area contributed by atoms with E-state index in [1.807, 2.05) is 19.1 Å². The summed E-state index contributed by atoms with van der Waals surface area (Å²) < 4.78 is 33.2. The average Bonchev–Trinajstić information content (AvgIpc) is 3.06. The van der Waals surface area contributed by atoms with Crippen LogP contribution in [0.15, 0.2) is 20.8 Å². The van der Waals surface area contributed by atoms with Crippen molar-refractivity contribution in [2.45, 2.75) is 43.5 Å². The summed E-state index contributed by atoms with van der Waals surface area (Å²) in [5.74, 6) is 1.42. The Bertz CT molecular complexity index is 762. The van der Waals surface area contributed by atoms with Gasteiger partial charge in [-0.2, -0.15) is 4.31 Å². The fourth-order valence-corrected chi connectivity index (χ4v) is 5.70. The second-order valence-corrected chi connectivity index (χ2v) is 8.80. The van der Waals surface area contributed by atoms with Crippen LogP contribution < -0.4 is 0 Å². The van der Waals surface area contributed by atoms with E-state index in [0.717, 1.165) is 29.9 Å². The van der Waals surface area contributed by atoms with Gasteiger partial charge in [-0.05, 0) is 38.8 Å². The van der Waals surface area contributed by atoms with Crippen LogP contribution in [0.25, 0.3) is 0 Å². The van der Waals surface area contributed by atoms with E-state index in [1.165, 1.54) is 4.31 Å². The SMILES string of the molecule is Cc1ccc(CN(C2CC2)S(=O)(=O)c2sc(Cl)nc2C)o1. The van der Waals surface area contributed by atoms with E-state index in [9.17, 15) is 8.42 Å². The summed E-state index contributed by atoms with van der Waals surface area (Å²) in [6, 6.07) is 3.69. The van der Waals surface area contributed by atoms with Gasteiger partial charge in [0.05, 0.1) is 12.2 Å². The maximum atomic E-state index is 12.9. The predicted molar refractivity (Wildman–Crippen MR) is 81.1 cm³/mol. The lowest BCUT2D eigenvalue weighted by Gasteiger charge is -2.20. The molecule has 0 bridgehead atoms. The molecule has 8 heteroatoms. The summed E-state index contributed by atoms with van der Waals surface area (Å²) in [7, 11) is -3.59. The highest BCUT2D eigenvalue weighted by Gasteiger charge is 2.40. The fraction of sp³-hybridized carbons (Fsp3) is 0.462. The Morgan fingerprint density at radius 2 is 2.14 bits per heavy atom. The molecule has 2 aromatic rings. The summed E-state index contributed by atoms with van der Waals surface area (Å²) in [4.78, 5) is 4.01. The number of halogens is 1. The number of aromatic nitrogens is 1. The van der Waals surface area contributed by atoms with E-state index in [4.69, 9.17) is 16.0 Å². The molecular formula is C13H15ClN2O3S2. The van der Waals surface area contributed by atoms with Crippen molar-refractivity contribution in [3.05, 3.63) is 33.8 Å². The Morgan fingerprint density at radius 1 is 1.43 bits per heavy atom. The maximum Gasteiger partial charge on any atom is 0.255 e. The molecule has 0 unspecified atom stereocenters. The predicted octanol–water partition coefficient (Wildman–Crippen LogP) is 3.36. The lowest BCUT2D eigenvalue weighted by Crippen LogP contribution is -2.32. The fourth-order valence-electron chi connectivity index (χ4n) is 2.19. The number of thiazole rings is 1. The molecule has 1 aliphatic rings. The Kier molecular flexibility index (Phi) is 3.85. The van der Waals surface area contributed by atoms with E-state index in [0.29, 0.717) is 11.5 Å². The second kappa shape index (κ2) is 5.39. The lowest BCUT2D eigenvalue weighted by molar-refractivity contribution is 0.352. The lowest BCUT2D eigenvalue weighted by atomic mass is 10.4. The van der Waals surface area contributed by atoms with Crippen LogP contribution in [0.2, 0.25) is 4.47 Å². The van der Waals surface area contributed by atoms with Gasteiger partial charge >= 0.3 is 0 Å². The summed E-state index contributed by atoms with van der Waals surface area (Å²) in [6.45, 7) is 3.75. The topological polar surface area (TPSA) is 63.4 Å². The first-order valence-corrected chi connectivity index (χ1v) is 9.21. The van der Waals surface area contributed by atoms with Crippen LogP contribution in [0.1, 0.15) is 30.1 Å². The number of sulfonamides is 1. The molecule has 0 spiro atoms. The molecule has 2 heterocycles. The zero-order chi connectivity index (χ0) is 15.2. The molecule has 0 saturated heterocycles. The molecule has 0 radical (unpaired) electrons. The molecule has 0 aliphatic heterocycles. The van der Waals surface area contributed by atoms with E-state index < -0.39 is 10.0 Å². The minimum absolute atomic E-state index is 0.0423. The number of furan rings is 1. The van der Waals surface area contributed by atoms with Gasteiger partial charge in [0, 0.05) is 6.04 Å². The molecule has 0 amide bonds. The van der Waals surface area contributed by atoms with Crippen LogP contribution in [-0.4, -0.2) is 23.7 Å². The molecule has 0 atom stereocenters. The quantitative estimate of drug-likeness (QED) is 0.832. The van der Waals surface area contributed by atoms with Gasteiger partial charge < -0.3 is 4.42 Å². The third-order valence-electron chi connectivity index (χ3n) is 3.33.